The standard InChI is InChI=1S/C19H15F3O3/c1-13(18(24)15-7-3-2-4-8-15)25-17(23)11-10-14-6-5-9-16(12-14)19(20,21)22/h2-13H,1H3/b11-10+. The first-order valence-corrected chi connectivity index (χ1v) is 7.42. The van der Waals surface area contributed by atoms with Crippen LogP contribution in [0.4, 0.5) is 13.2 Å². The summed E-state index contributed by atoms with van der Waals surface area (Å²) in [6, 6.07) is 12.9. The van der Waals surface area contributed by atoms with Crippen molar-refractivity contribution in [1.29, 1.82) is 0 Å². The summed E-state index contributed by atoms with van der Waals surface area (Å²) >= 11 is 0. The number of Topliss-reactive ketones (excluding diaryl/α,β-unsaturated/α-hetero) is 1. The van der Waals surface area contributed by atoms with Gasteiger partial charge in [-0.1, -0.05) is 42.5 Å². The minimum atomic E-state index is -4.46. The predicted molar refractivity (Wildman–Crippen MR) is 86.8 cm³/mol. The molecule has 0 saturated carbocycles. The van der Waals surface area contributed by atoms with Crippen LogP contribution in [0.25, 0.3) is 6.08 Å². The fraction of sp³-hybridized carbons (Fsp3) is 0.158. The summed E-state index contributed by atoms with van der Waals surface area (Å²) < 4.78 is 42.9. The van der Waals surface area contributed by atoms with Gasteiger partial charge in [-0.2, -0.15) is 13.2 Å². The van der Waals surface area contributed by atoms with Crippen molar-refractivity contribution in [1.82, 2.24) is 0 Å². The van der Waals surface area contributed by atoms with E-state index in [0.717, 1.165) is 18.2 Å². The van der Waals surface area contributed by atoms with Crippen LogP contribution in [-0.2, 0) is 15.7 Å². The molecule has 6 heteroatoms. The molecule has 1 unspecified atom stereocenters. The molecule has 0 aromatic heterocycles. The Morgan fingerprint density at radius 2 is 1.72 bits per heavy atom. The van der Waals surface area contributed by atoms with Crippen LogP contribution in [0, 0.1) is 0 Å². The second kappa shape index (κ2) is 7.79. The summed E-state index contributed by atoms with van der Waals surface area (Å²) in [6.45, 7) is 1.44. The number of hydrogen-bond acceptors (Lipinski definition) is 3. The second-order valence-electron chi connectivity index (χ2n) is 5.27. The number of hydrogen-bond donors (Lipinski definition) is 0. The van der Waals surface area contributed by atoms with E-state index < -0.39 is 23.8 Å². The van der Waals surface area contributed by atoms with E-state index in [1.807, 2.05) is 0 Å². The van der Waals surface area contributed by atoms with Gasteiger partial charge in [0.1, 0.15) is 0 Å². The van der Waals surface area contributed by atoms with Gasteiger partial charge in [0.05, 0.1) is 5.56 Å². The van der Waals surface area contributed by atoms with Crippen LogP contribution >= 0.6 is 0 Å². The molecule has 0 aliphatic carbocycles. The number of ether oxygens (including phenoxy) is 1. The summed E-state index contributed by atoms with van der Waals surface area (Å²) in [5, 5.41) is 0. The lowest BCUT2D eigenvalue weighted by Gasteiger charge is -2.10. The lowest BCUT2D eigenvalue weighted by Crippen LogP contribution is -2.23. The lowest BCUT2D eigenvalue weighted by molar-refractivity contribution is -0.140. The molecule has 0 spiro atoms. The largest absolute Gasteiger partial charge is 0.451 e. The molecular formula is C19H15F3O3. The van der Waals surface area contributed by atoms with Gasteiger partial charge in [0.25, 0.3) is 0 Å². The topological polar surface area (TPSA) is 43.4 Å². The van der Waals surface area contributed by atoms with Gasteiger partial charge in [0.15, 0.2) is 6.10 Å². The molecule has 2 rings (SSSR count). The summed E-state index contributed by atoms with van der Waals surface area (Å²) in [5.41, 5.74) is -0.200. The third-order valence-corrected chi connectivity index (χ3v) is 3.35. The summed E-state index contributed by atoms with van der Waals surface area (Å²) in [5.74, 6) is -1.17. The van der Waals surface area contributed by atoms with Crippen molar-refractivity contribution in [2.45, 2.75) is 19.2 Å². The number of carbonyl (C=O) groups excluding carboxylic acids is 2. The molecule has 0 aliphatic heterocycles. The Labute approximate surface area is 142 Å². The quantitative estimate of drug-likeness (QED) is 0.453. The molecule has 0 amide bonds. The molecule has 130 valence electrons. The van der Waals surface area contributed by atoms with Crippen LogP contribution in [0.1, 0.15) is 28.4 Å². The Morgan fingerprint density at radius 1 is 1.04 bits per heavy atom. The minimum absolute atomic E-state index is 0.203. The van der Waals surface area contributed by atoms with Crippen LogP contribution in [-0.4, -0.2) is 17.9 Å². The van der Waals surface area contributed by atoms with Crippen molar-refractivity contribution in [3.8, 4) is 0 Å². The average Bonchev–Trinajstić information content (AvgIpc) is 2.59. The van der Waals surface area contributed by atoms with Crippen LogP contribution < -0.4 is 0 Å². The zero-order chi connectivity index (χ0) is 18.4. The van der Waals surface area contributed by atoms with Gasteiger partial charge in [-0.3, -0.25) is 4.79 Å². The Morgan fingerprint density at radius 3 is 2.36 bits per heavy atom. The van der Waals surface area contributed by atoms with Gasteiger partial charge in [0.2, 0.25) is 5.78 Å². The third kappa shape index (κ3) is 5.31. The molecule has 1 atom stereocenters. The molecule has 0 fully saturated rings. The summed E-state index contributed by atoms with van der Waals surface area (Å²) in [4.78, 5) is 23.8. The summed E-state index contributed by atoms with van der Waals surface area (Å²) in [7, 11) is 0. The van der Waals surface area contributed by atoms with Gasteiger partial charge >= 0.3 is 12.1 Å². The predicted octanol–water partition coefficient (Wildman–Crippen LogP) is 4.53. The van der Waals surface area contributed by atoms with Crippen molar-refractivity contribution >= 4 is 17.8 Å². The summed E-state index contributed by atoms with van der Waals surface area (Å²) in [6.07, 6.45) is -3.26. The molecule has 25 heavy (non-hydrogen) atoms. The fourth-order valence-corrected chi connectivity index (χ4v) is 2.09. The maximum Gasteiger partial charge on any atom is 0.416 e. The zero-order valence-corrected chi connectivity index (χ0v) is 13.3. The molecular weight excluding hydrogens is 333 g/mol. The van der Waals surface area contributed by atoms with Crippen LogP contribution in [0.3, 0.4) is 0 Å². The van der Waals surface area contributed by atoms with Crippen molar-refractivity contribution in [3.63, 3.8) is 0 Å². The molecule has 0 bridgehead atoms. The van der Waals surface area contributed by atoms with Crippen LogP contribution in [0.5, 0.6) is 0 Å². The smallest absolute Gasteiger partial charge is 0.416 e. The van der Waals surface area contributed by atoms with Gasteiger partial charge in [-0.05, 0) is 30.7 Å². The highest BCUT2D eigenvalue weighted by Gasteiger charge is 2.30. The Kier molecular flexibility index (Phi) is 5.75. The van der Waals surface area contributed by atoms with Crippen LogP contribution in [0.15, 0.2) is 60.7 Å². The van der Waals surface area contributed by atoms with E-state index in [-0.39, 0.29) is 11.3 Å². The van der Waals surface area contributed by atoms with Crippen molar-refractivity contribution in [2.24, 2.45) is 0 Å². The molecule has 2 aromatic rings. The van der Waals surface area contributed by atoms with Gasteiger partial charge in [-0.15, -0.1) is 0 Å². The van der Waals surface area contributed by atoms with E-state index in [2.05, 4.69) is 0 Å². The number of alkyl halides is 3. The first kappa shape index (κ1) is 18.4. The minimum Gasteiger partial charge on any atom is -0.451 e. The highest BCUT2D eigenvalue weighted by atomic mass is 19.4. The van der Waals surface area contributed by atoms with E-state index in [1.54, 1.807) is 30.3 Å². The molecule has 2 aromatic carbocycles. The molecule has 0 aliphatic rings. The number of halogens is 3. The lowest BCUT2D eigenvalue weighted by atomic mass is 10.1. The monoisotopic (exact) mass is 348 g/mol. The zero-order valence-electron chi connectivity index (χ0n) is 13.3. The average molecular weight is 348 g/mol. The van der Waals surface area contributed by atoms with Gasteiger partial charge < -0.3 is 4.74 Å². The molecule has 0 heterocycles. The molecule has 0 saturated heterocycles. The Balaban J connectivity index is 2.00. The Hall–Kier alpha value is -2.89. The highest BCUT2D eigenvalue weighted by molar-refractivity contribution is 6.01. The SMILES string of the molecule is CC(OC(=O)/C=C/c1cccc(C(F)(F)F)c1)C(=O)c1ccccc1. The van der Waals surface area contributed by atoms with Gasteiger partial charge in [-0.25, -0.2) is 4.79 Å². The first-order valence-electron chi connectivity index (χ1n) is 7.42. The van der Waals surface area contributed by atoms with E-state index >= 15 is 0 Å². The van der Waals surface area contributed by atoms with E-state index in [1.165, 1.54) is 25.1 Å². The van der Waals surface area contributed by atoms with E-state index in [9.17, 15) is 22.8 Å². The van der Waals surface area contributed by atoms with E-state index in [0.29, 0.717) is 5.56 Å². The molecule has 0 N–H and O–H groups in total. The normalized spacial score (nSPS) is 12.8. The van der Waals surface area contributed by atoms with Gasteiger partial charge in [0, 0.05) is 11.6 Å². The van der Waals surface area contributed by atoms with E-state index in [4.69, 9.17) is 4.74 Å². The first-order chi connectivity index (χ1) is 11.8. The number of rotatable bonds is 5. The maximum absolute atomic E-state index is 12.6. The maximum atomic E-state index is 12.6. The van der Waals surface area contributed by atoms with Crippen molar-refractivity contribution in [3.05, 3.63) is 77.4 Å². The molecule has 0 radical (unpaired) electrons. The van der Waals surface area contributed by atoms with Crippen LogP contribution in [0.2, 0.25) is 0 Å². The van der Waals surface area contributed by atoms with Crippen molar-refractivity contribution < 1.29 is 27.5 Å². The highest BCUT2D eigenvalue weighted by Crippen LogP contribution is 2.29. The number of esters is 1. The van der Waals surface area contributed by atoms with Crippen molar-refractivity contribution in [2.75, 3.05) is 0 Å². The second-order valence-corrected chi connectivity index (χ2v) is 5.27. The fourth-order valence-electron chi connectivity index (χ4n) is 2.09. The molecule has 3 nitrogen and oxygen atoms in total. The number of benzene rings is 2. The number of ketones is 1. The third-order valence-electron chi connectivity index (χ3n) is 3.35. The Bertz CT molecular complexity index is 780. The number of carbonyl (C=O) groups is 2.